The van der Waals surface area contributed by atoms with Gasteiger partial charge in [0.15, 0.2) is 23.0 Å². The molecule has 5 aromatic rings. The van der Waals surface area contributed by atoms with Crippen LogP contribution >= 0.6 is 49.0 Å². The number of benzene rings is 4. The zero-order valence-electron chi connectivity index (χ0n) is 35.6. The first kappa shape index (κ1) is 52.5. The maximum absolute atomic E-state index is 13.3. The van der Waals surface area contributed by atoms with Gasteiger partial charge in [-0.1, -0.05) is 30.0 Å². The number of aromatic nitrogens is 1. The van der Waals surface area contributed by atoms with Gasteiger partial charge in [0.2, 0.25) is 0 Å². The molecule has 1 saturated heterocycles. The minimum atomic E-state index is -4.35. The minimum Gasteiger partial charge on any atom is -0.490 e. The summed E-state index contributed by atoms with van der Waals surface area (Å²) in [5.41, 5.74) is 3.11. The summed E-state index contributed by atoms with van der Waals surface area (Å²) in [7, 11) is 0. The molecule has 1 aromatic heterocycles. The van der Waals surface area contributed by atoms with Crippen LogP contribution in [0.3, 0.4) is 0 Å². The number of nitrogens with zero attached hydrogens (tertiary/aromatic N) is 4. The number of anilines is 2. The summed E-state index contributed by atoms with van der Waals surface area (Å²) in [5.74, 6) is 3.04. The Morgan fingerprint density at radius 3 is 1.89 bits per heavy atom. The molecule has 0 radical (unpaired) electrons. The molecule has 0 aliphatic carbocycles. The molecule has 340 valence electrons. The predicted octanol–water partition coefficient (Wildman–Crippen LogP) is 11.0. The molecule has 2 aliphatic rings. The summed E-state index contributed by atoms with van der Waals surface area (Å²) in [6.45, 7) is 16.5. The Balaban J connectivity index is 0.000000315. The molecule has 2 aliphatic heterocycles. The maximum atomic E-state index is 13.3. The van der Waals surface area contributed by atoms with Gasteiger partial charge >= 0.3 is 6.18 Å². The van der Waals surface area contributed by atoms with E-state index in [9.17, 15) is 13.2 Å². The van der Waals surface area contributed by atoms with Gasteiger partial charge in [0.05, 0.1) is 55.7 Å². The van der Waals surface area contributed by atoms with E-state index in [1.165, 1.54) is 23.9 Å². The smallest absolute Gasteiger partial charge is 0.416 e. The first-order valence-corrected chi connectivity index (χ1v) is 21.3. The Morgan fingerprint density at radius 2 is 1.24 bits per heavy atom. The standard InChI is InChI=1S/C24H29NO4.C22H26F3N3OS.3ClH/c1-5-26-21-10-9-17(14-22(21)27-6-2)13-20-19-16-24(29-8-4)23(28-7-3)15-18(19)11-12-25-20;23-22(24,25)17-6-7-21-19(16-17)28(18-4-1-2-5-20(18)30-21)9-3-8-26-10-12-27(13-11-26)14-15-29;;;/h9-12,14-16H,5-8,13H2,1-4H3;1-2,4-7,16,29H,3,8-15H2;3*1H. The molecular formula is C46H58Cl3F3N4O5S. The zero-order valence-corrected chi connectivity index (χ0v) is 38.9. The topological polar surface area (TPSA) is 79.8 Å². The number of hydrogen-bond acceptors (Lipinski definition) is 10. The van der Waals surface area contributed by atoms with Crippen LogP contribution in [0.1, 0.15) is 50.9 Å². The van der Waals surface area contributed by atoms with Gasteiger partial charge in [0, 0.05) is 67.1 Å². The monoisotopic (exact) mass is 940 g/mol. The largest absolute Gasteiger partial charge is 0.490 e. The number of halogens is 6. The van der Waals surface area contributed by atoms with E-state index < -0.39 is 11.7 Å². The maximum Gasteiger partial charge on any atom is 0.416 e. The fourth-order valence-electron chi connectivity index (χ4n) is 7.39. The van der Waals surface area contributed by atoms with Crippen molar-refractivity contribution in [3.05, 3.63) is 102 Å². The van der Waals surface area contributed by atoms with Gasteiger partial charge in [-0.25, -0.2) is 0 Å². The van der Waals surface area contributed by atoms with Crippen molar-refractivity contribution in [3.8, 4) is 23.0 Å². The summed E-state index contributed by atoms with van der Waals surface area (Å²) in [4.78, 5) is 13.3. The van der Waals surface area contributed by atoms with Gasteiger partial charge < -0.3 is 33.9 Å². The first-order chi connectivity index (χ1) is 28.6. The molecule has 0 bridgehead atoms. The summed E-state index contributed by atoms with van der Waals surface area (Å²) < 4.78 is 62.9. The summed E-state index contributed by atoms with van der Waals surface area (Å²) in [5, 5.41) is 11.2. The number of ether oxygens (including phenoxy) is 4. The highest BCUT2D eigenvalue weighted by molar-refractivity contribution is 7.99. The van der Waals surface area contributed by atoms with Crippen LogP contribution in [-0.2, 0) is 12.6 Å². The van der Waals surface area contributed by atoms with E-state index in [0.717, 1.165) is 99.7 Å². The molecule has 1 N–H and O–H groups in total. The molecular weight excluding hydrogens is 884 g/mol. The molecule has 7 rings (SSSR count). The Hall–Kier alpha value is -3.82. The van der Waals surface area contributed by atoms with Crippen LogP contribution < -0.4 is 23.8 Å². The number of rotatable bonds is 16. The Bertz CT molecular complexity index is 2150. The van der Waals surface area contributed by atoms with E-state index in [0.29, 0.717) is 51.6 Å². The van der Waals surface area contributed by atoms with E-state index in [1.54, 1.807) is 6.07 Å². The molecule has 3 heterocycles. The first-order valence-electron chi connectivity index (χ1n) is 20.5. The van der Waals surface area contributed by atoms with Crippen molar-refractivity contribution >= 4 is 71.1 Å². The minimum absolute atomic E-state index is 0. The zero-order chi connectivity index (χ0) is 41.8. The number of hydrogen-bond donors (Lipinski definition) is 1. The fourth-order valence-corrected chi connectivity index (χ4v) is 8.47. The van der Waals surface area contributed by atoms with Gasteiger partial charge in [0.25, 0.3) is 0 Å². The average molecular weight is 942 g/mol. The number of piperazine rings is 1. The number of pyridine rings is 1. The average Bonchev–Trinajstić information content (AvgIpc) is 3.23. The van der Waals surface area contributed by atoms with Crippen LogP contribution in [0.5, 0.6) is 23.0 Å². The van der Waals surface area contributed by atoms with Crippen molar-refractivity contribution < 1.29 is 37.2 Å². The lowest BCUT2D eigenvalue weighted by molar-refractivity contribution is -0.137. The third-order valence-corrected chi connectivity index (χ3v) is 11.3. The van der Waals surface area contributed by atoms with Crippen LogP contribution in [0.2, 0.25) is 0 Å². The molecule has 4 aromatic carbocycles. The van der Waals surface area contributed by atoms with E-state index in [1.807, 2.05) is 93.4 Å². The normalized spacial score (nSPS) is 13.6. The highest BCUT2D eigenvalue weighted by Gasteiger charge is 2.33. The van der Waals surface area contributed by atoms with Crippen LogP contribution in [0.15, 0.2) is 94.9 Å². The Labute approximate surface area is 386 Å². The third-order valence-electron chi connectivity index (χ3n) is 10.2. The van der Waals surface area contributed by atoms with Crippen LogP contribution in [0.25, 0.3) is 10.8 Å². The Morgan fingerprint density at radius 1 is 0.645 bits per heavy atom. The quantitative estimate of drug-likeness (QED) is 0.103. The summed E-state index contributed by atoms with van der Waals surface area (Å²) in [6.07, 6.45) is -0.958. The SMILES string of the molecule is CCOc1ccc(Cc2nccc3cc(OCC)c(OCC)cc23)cc1OCC.Cl.Cl.Cl.OCCN1CCN(CCCN2c3ccccc3Sc3ccc(C(F)(F)F)cc32)CC1. The van der Waals surface area contributed by atoms with E-state index in [4.69, 9.17) is 24.1 Å². The van der Waals surface area contributed by atoms with Gasteiger partial charge in [-0.3, -0.25) is 9.88 Å². The predicted molar refractivity (Wildman–Crippen MR) is 251 cm³/mol. The second-order valence-corrected chi connectivity index (χ2v) is 15.2. The lowest BCUT2D eigenvalue weighted by Crippen LogP contribution is -2.47. The number of alkyl halides is 3. The third kappa shape index (κ3) is 13.6. The van der Waals surface area contributed by atoms with Gasteiger partial charge in [-0.15, -0.1) is 37.2 Å². The number of fused-ring (bicyclic) bond motifs is 3. The van der Waals surface area contributed by atoms with E-state index >= 15 is 0 Å². The molecule has 0 atom stereocenters. The molecule has 0 amide bonds. The molecule has 0 unspecified atom stereocenters. The lowest BCUT2D eigenvalue weighted by atomic mass is 10.0. The molecule has 16 heteroatoms. The van der Waals surface area contributed by atoms with Crippen molar-refractivity contribution in [3.63, 3.8) is 0 Å². The molecule has 1 fully saturated rings. The molecule has 9 nitrogen and oxygen atoms in total. The summed E-state index contributed by atoms with van der Waals surface area (Å²) in [6, 6.07) is 24.1. The van der Waals surface area contributed by atoms with Crippen molar-refractivity contribution in [1.29, 1.82) is 0 Å². The lowest BCUT2D eigenvalue weighted by Gasteiger charge is -2.36. The van der Waals surface area contributed by atoms with E-state index in [2.05, 4.69) is 20.9 Å². The number of β-amino-alcohol motifs (C(OH)–C–C–N with tert-alkyl or cyclic N) is 1. The van der Waals surface area contributed by atoms with Crippen molar-refractivity contribution in [2.75, 3.05) is 83.7 Å². The molecule has 0 saturated carbocycles. The van der Waals surface area contributed by atoms with E-state index in [-0.39, 0.29) is 43.8 Å². The number of aliphatic hydroxyl groups is 1. The van der Waals surface area contributed by atoms with Gasteiger partial charge in [-0.2, -0.15) is 13.2 Å². The van der Waals surface area contributed by atoms with Gasteiger partial charge in [0.1, 0.15) is 0 Å². The second-order valence-electron chi connectivity index (χ2n) is 14.1. The van der Waals surface area contributed by atoms with Crippen molar-refractivity contribution in [2.45, 2.75) is 56.5 Å². The highest BCUT2D eigenvalue weighted by Crippen LogP contribution is 2.49. The van der Waals surface area contributed by atoms with Crippen LogP contribution in [0.4, 0.5) is 24.5 Å². The highest BCUT2D eigenvalue weighted by atomic mass is 35.5. The second kappa shape index (κ2) is 25.5. The van der Waals surface area contributed by atoms with Crippen molar-refractivity contribution in [2.24, 2.45) is 0 Å². The fraction of sp³-hybridized carbons (Fsp3) is 0.413. The van der Waals surface area contributed by atoms with Crippen LogP contribution in [-0.4, -0.2) is 98.7 Å². The van der Waals surface area contributed by atoms with Crippen molar-refractivity contribution in [1.82, 2.24) is 14.8 Å². The molecule has 0 spiro atoms. The number of aliphatic hydroxyl groups excluding tert-OH is 1. The van der Waals surface area contributed by atoms with Gasteiger partial charge in [-0.05, 0) is 112 Å². The summed E-state index contributed by atoms with van der Waals surface area (Å²) >= 11 is 1.53. The molecule has 62 heavy (non-hydrogen) atoms. The van der Waals surface area contributed by atoms with Crippen LogP contribution in [0, 0.1) is 0 Å². The Kier molecular flexibility index (Phi) is 21.6. The number of para-hydroxylation sites is 1.